The van der Waals surface area contributed by atoms with E-state index >= 15 is 0 Å². The lowest BCUT2D eigenvalue weighted by Crippen LogP contribution is -2.25. The van der Waals surface area contributed by atoms with Crippen LogP contribution in [0.25, 0.3) is 0 Å². The van der Waals surface area contributed by atoms with Crippen molar-refractivity contribution in [1.82, 2.24) is 0 Å². The van der Waals surface area contributed by atoms with Crippen molar-refractivity contribution in [2.45, 2.75) is 32.7 Å². The minimum atomic E-state index is -0.224. The summed E-state index contributed by atoms with van der Waals surface area (Å²) in [6.07, 6.45) is 1.20. The highest BCUT2D eigenvalue weighted by atomic mass is 35.5. The van der Waals surface area contributed by atoms with Crippen LogP contribution in [0.1, 0.15) is 26.7 Å². The number of hydrogen-bond donors (Lipinski definition) is 1. The number of rotatable bonds is 4. The molecule has 0 heterocycles. The predicted octanol–water partition coefficient (Wildman–Crippen LogP) is 1.34. The van der Waals surface area contributed by atoms with Gasteiger partial charge in [-0.15, -0.1) is 12.4 Å². The Morgan fingerprint density at radius 1 is 1.50 bits per heavy atom. The van der Waals surface area contributed by atoms with Crippen LogP contribution in [0.3, 0.4) is 0 Å². The van der Waals surface area contributed by atoms with E-state index in [0.717, 1.165) is 6.42 Å². The molecule has 0 unspecified atom stereocenters. The predicted molar refractivity (Wildman–Crippen MR) is 51.3 cm³/mol. The fraction of sp³-hybridized carbons (Fsp3) is 0.875. The monoisotopic (exact) mass is 195 g/mol. The van der Waals surface area contributed by atoms with Crippen LogP contribution < -0.4 is 5.73 Å². The number of carbonyl (C=O) groups excluding carboxylic acids is 1. The largest absolute Gasteiger partial charge is 0.469 e. The molecule has 0 spiro atoms. The summed E-state index contributed by atoms with van der Waals surface area (Å²) in [5, 5.41) is 0. The van der Waals surface area contributed by atoms with Gasteiger partial charge in [-0.25, -0.2) is 0 Å². The first-order valence-electron chi connectivity index (χ1n) is 3.88. The maximum atomic E-state index is 10.7. The molecule has 0 bridgehead atoms. The van der Waals surface area contributed by atoms with E-state index in [-0.39, 0.29) is 24.4 Å². The molecule has 0 rings (SSSR count). The van der Waals surface area contributed by atoms with Gasteiger partial charge in [0, 0.05) is 6.04 Å². The molecule has 0 amide bonds. The van der Waals surface area contributed by atoms with Crippen molar-refractivity contribution in [1.29, 1.82) is 0 Å². The standard InChI is InChI=1S/C8H17NO2.ClH/c1-6(2)4-7(9)5-8(10)11-3;/h6-7H,4-5,9H2,1-3H3;1H/t7-;/m0./s1. The van der Waals surface area contributed by atoms with Gasteiger partial charge in [0.05, 0.1) is 13.5 Å². The Bertz CT molecular complexity index is 128. The molecule has 0 saturated heterocycles. The number of esters is 1. The van der Waals surface area contributed by atoms with E-state index in [1.165, 1.54) is 7.11 Å². The molecule has 2 N–H and O–H groups in total. The van der Waals surface area contributed by atoms with Crippen molar-refractivity contribution in [3.63, 3.8) is 0 Å². The Morgan fingerprint density at radius 2 is 2.00 bits per heavy atom. The van der Waals surface area contributed by atoms with Gasteiger partial charge in [0.2, 0.25) is 0 Å². The number of hydrogen-bond acceptors (Lipinski definition) is 3. The quantitative estimate of drug-likeness (QED) is 0.689. The third-order valence-electron chi connectivity index (χ3n) is 1.43. The van der Waals surface area contributed by atoms with Gasteiger partial charge in [-0.1, -0.05) is 13.8 Å². The zero-order valence-corrected chi connectivity index (χ0v) is 8.69. The molecule has 3 nitrogen and oxygen atoms in total. The summed E-state index contributed by atoms with van der Waals surface area (Å²) < 4.78 is 4.48. The maximum Gasteiger partial charge on any atom is 0.307 e. The van der Waals surface area contributed by atoms with Gasteiger partial charge in [-0.2, -0.15) is 0 Å². The van der Waals surface area contributed by atoms with Crippen LogP contribution >= 0.6 is 12.4 Å². The summed E-state index contributed by atoms with van der Waals surface area (Å²) in [7, 11) is 1.38. The van der Waals surface area contributed by atoms with E-state index < -0.39 is 0 Å². The van der Waals surface area contributed by atoms with Gasteiger partial charge in [0.25, 0.3) is 0 Å². The van der Waals surface area contributed by atoms with Gasteiger partial charge in [0.15, 0.2) is 0 Å². The van der Waals surface area contributed by atoms with Crippen LogP contribution in [0.15, 0.2) is 0 Å². The molecule has 0 fully saturated rings. The Labute approximate surface area is 80.1 Å². The lowest BCUT2D eigenvalue weighted by atomic mass is 10.0. The third-order valence-corrected chi connectivity index (χ3v) is 1.43. The Morgan fingerprint density at radius 3 is 2.33 bits per heavy atom. The summed E-state index contributed by atoms with van der Waals surface area (Å²) in [5.41, 5.74) is 5.65. The molecule has 12 heavy (non-hydrogen) atoms. The first kappa shape index (κ1) is 14.3. The molecule has 0 aromatic rings. The summed E-state index contributed by atoms with van der Waals surface area (Å²) >= 11 is 0. The van der Waals surface area contributed by atoms with Crippen molar-refractivity contribution in [3.8, 4) is 0 Å². The summed E-state index contributed by atoms with van der Waals surface area (Å²) in [5.74, 6) is 0.313. The lowest BCUT2D eigenvalue weighted by Gasteiger charge is -2.11. The number of methoxy groups -OCH3 is 1. The Kier molecular flexibility index (Phi) is 8.76. The van der Waals surface area contributed by atoms with Crippen molar-refractivity contribution < 1.29 is 9.53 Å². The summed E-state index contributed by atoms with van der Waals surface area (Å²) in [4.78, 5) is 10.7. The van der Waals surface area contributed by atoms with Crippen LogP contribution in [-0.2, 0) is 9.53 Å². The van der Waals surface area contributed by atoms with Gasteiger partial charge in [-0.05, 0) is 12.3 Å². The molecular formula is C8H18ClNO2. The third kappa shape index (κ3) is 7.82. The van der Waals surface area contributed by atoms with Crippen molar-refractivity contribution in [3.05, 3.63) is 0 Å². The van der Waals surface area contributed by atoms with E-state index in [0.29, 0.717) is 12.3 Å². The van der Waals surface area contributed by atoms with E-state index in [9.17, 15) is 4.79 Å². The van der Waals surface area contributed by atoms with E-state index in [1.54, 1.807) is 0 Å². The zero-order chi connectivity index (χ0) is 8.85. The smallest absolute Gasteiger partial charge is 0.307 e. The van der Waals surface area contributed by atoms with E-state index in [1.807, 2.05) is 0 Å². The highest BCUT2D eigenvalue weighted by molar-refractivity contribution is 5.85. The fourth-order valence-corrected chi connectivity index (χ4v) is 0.986. The Balaban J connectivity index is 0. The number of halogens is 1. The van der Waals surface area contributed by atoms with Crippen LogP contribution in [0, 0.1) is 5.92 Å². The average molecular weight is 196 g/mol. The van der Waals surface area contributed by atoms with E-state index in [2.05, 4.69) is 18.6 Å². The number of carbonyl (C=O) groups is 1. The van der Waals surface area contributed by atoms with Gasteiger partial charge in [0.1, 0.15) is 0 Å². The molecule has 0 aromatic carbocycles. The molecule has 74 valence electrons. The average Bonchev–Trinajstić information content (AvgIpc) is 1.85. The van der Waals surface area contributed by atoms with Gasteiger partial charge >= 0.3 is 5.97 Å². The fourth-order valence-electron chi connectivity index (χ4n) is 0.986. The Hall–Kier alpha value is -0.280. The topological polar surface area (TPSA) is 52.3 Å². The van der Waals surface area contributed by atoms with E-state index in [4.69, 9.17) is 5.73 Å². The molecule has 0 aliphatic heterocycles. The molecule has 0 saturated carbocycles. The second kappa shape index (κ2) is 7.37. The molecule has 0 aliphatic rings. The van der Waals surface area contributed by atoms with Crippen molar-refractivity contribution >= 4 is 18.4 Å². The van der Waals surface area contributed by atoms with Crippen molar-refractivity contribution in [2.75, 3.05) is 7.11 Å². The minimum absolute atomic E-state index is 0. The molecule has 0 aromatic heterocycles. The first-order chi connectivity index (χ1) is 5.06. The highest BCUT2D eigenvalue weighted by Gasteiger charge is 2.10. The second-order valence-corrected chi connectivity index (χ2v) is 3.17. The zero-order valence-electron chi connectivity index (χ0n) is 7.87. The first-order valence-corrected chi connectivity index (χ1v) is 3.88. The number of ether oxygens (including phenoxy) is 1. The van der Waals surface area contributed by atoms with Crippen LogP contribution in [0.2, 0.25) is 0 Å². The lowest BCUT2D eigenvalue weighted by molar-refractivity contribution is -0.141. The van der Waals surface area contributed by atoms with Crippen LogP contribution in [0.4, 0.5) is 0 Å². The van der Waals surface area contributed by atoms with Crippen molar-refractivity contribution in [2.24, 2.45) is 11.7 Å². The minimum Gasteiger partial charge on any atom is -0.469 e. The van der Waals surface area contributed by atoms with Crippen LogP contribution in [-0.4, -0.2) is 19.1 Å². The molecule has 1 atom stereocenters. The van der Waals surface area contributed by atoms with Crippen LogP contribution in [0.5, 0.6) is 0 Å². The molecule has 4 heteroatoms. The summed E-state index contributed by atoms with van der Waals surface area (Å²) in [6, 6.07) is -0.0533. The van der Waals surface area contributed by atoms with Gasteiger partial charge in [-0.3, -0.25) is 4.79 Å². The molecular weight excluding hydrogens is 178 g/mol. The second-order valence-electron chi connectivity index (χ2n) is 3.17. The summed E-state index contributed by atoms with van der Waals surface area (Å²) in [6.45, 7) is 4.16. The normalized spacial score (nSPS) is 12.1. The highest BCUT2D eigenvalue weighted by Crippen LogP contribution is 2.05. The molecule has 0 radical (unpaired) electrons. The SMILES string of the molecule is COC(=O)C[C@@H](N)CC(C)C.Cl. The molecule has 0 aliphatic carbocycles. The van der Waals surface area contributed by atoms with Gasteiger partial charge < -0.3 is 10.5 Å². The maximum absolute atomic E-state index is 10.7. The number of nitrogens with two attached hydrogens (primary N) is 1.